The fourth-order valence-electron chi connectivity index (χ4n) is 1.57. The Kier molecular flexibility index (Phi) is 6.15. The summed E-state index contributed by atoms with van der Waals surface area (Å²) in [5.41, 5.74) is 5.71. The number of aliphatic imine (C=N–C) groups is 1. The molecule has 0 aliphatic carbocycles. The summed E-state index contributed by atoms with van der Waals surface area (Å²) < 4.78 is 10.8. The number of guanidine groups is 1. The molecule has 112 valence electrons. The van der Waals surface area contributed by atoms with Crippen molar-refractivity contribution >= 4 is 5.96 Å². The van der Waals surface area contributed by atoms with E-state index in [1.165, 1.54) is 0 Å². The standard InChI is InChI=1S/C15H25N3O2/c1-15(2,3)18-14(16)17-9-6-10-20-13-8-5-7-12(11-13)19-4/h5,7-8,11H,6,9-10H2,1-4H3,(H3,16,17,18). The summed E-state index contributed by atoms with van der Waals surface area (Å²) in [6.45, 7) is 7.36. The summed E-state index contributed by atoms with van der Waals surface area (Å²) in [7, 11) is 1.64. The number of hydrogen-bond donors (Lipinski definition) is 2. The van der Waals surface area contributed by atoms with Crippen molar-refractivity contribution in [1.29, 1.82) is 0 Å². The molecule has 0 amide bonds. The summed E-state index contributed by atoms with van der Waals surface area (Å²) in [6, 6.07) is 7.55. The Labute approximate surface area is 121 Å². The zero-order chi connectivity index (χ0) is 15.0. The van der Waals surface area contributed by atoms with Crippen LogP contribution in [-0.4, -0.2) is 31.8 Å². The average molecular weight is 279 g/mol. The first-order valence-electron chi connectivity index (χ1n) is 6.76. The minimum absolute atomic E-state index is 0.0648. The van der Waals surface area contributed by atoms with Gasteiger partial charge in [0.05, 0.1) is 13.7 Å². The summed E-state index contributed by atoms with van der Waals surface area (Å²) in [6.07, 6.45) is 0.809. The Balaban J connectivity index is 2.26. The maximum Gasteiger partial charge on any atom is 0.188 e. The lowest BCUT2D eigenvalue weighted by Crippen LogP contribution is -2.45. The molecule has 0 aromatic heterocycles. The predicted octanol–water partition coefficient (Wildman–Crippen LogP) is 2.17. The van der Waals surface area contributed by atoms with E-state index in [2.05, 4.69) is 10.3 Å². The molecular weight excluding hydrogens is 254 g/mol. The molecule has 0 spiro atoms. The van der Waals surface area contributed by atoms with Gasteiger partial charge in [0, 0.05) is 24.6 Å². The van der Waals surface area contributed by atoms with Crippen LogP contribution < -0.4 is 20.5 Å². The first kappa shape index (κ1) is 16.1. The minimum atomic E-state index is -0.0648. The minimum Gasteiger partial charge on any atom is -0.497 e. The fourth-order valence-corrected chi connectivity index (χ4v) is 1.57. The van der Waals surface area contributed by atoms with E-state index in [-0.39, 0.29) is 5.54 Å². The second-order valence-electron chi connectivity index (χ2n) is 5.52. The molecule has 0 radical (unpaired) electrons. The lowest BCUT2D eigenvalue weighted by molar-refractivity contribution is 0.311. The maximum absolute atomic E-state index is 5.77. The van der Waals surface area contributed by atoms with Gasteiger partial charge in [0.1, 0.15) is 11.5 Å². The third-order valence-corrected chi connectivity index (χ3v) is 2.40. The van der Waals surface area contributed by atoms with Crippen LogP contribution in [0, 0.1) is 0 Å². The molecule has 1 aromatic carbocycles. The van der Waals surface area contributed by atoms with Crippen LogP contribution in [0.5, 0.6) is 11.5 Å². The summed E-state index contributed by atoms with van der Waals surface area (Å²) in [5, 5.41) is 3.11. The molecule has 0 aliphatic rings. The second-order valence-corrected chi connectivity index (χ2v) is 5.52. The van der Waals surface area contributed by atoms with Gasteiger partial charge in [0.2, 0.25) is 0 Å². The highest BCUT2D eigenvalue weighted by molar-refractivity contribution is 5.78. The molecule has 1 rings (SSSR count). The van der Waals surface area contributed by atoms with Crippen molar-refractivity contribution in [2.24, 2.45) is 10.7 Å². The summed E-state index contributed by atoms with van der Waals surface area (Å²) >= 11 is 0. The van der Waals surface area contributed by atoms with Gasteiger partial charge in [0.15, 0.2) is 5.96 Å². The number of nitrogens with one attached hydrogen (secondary N) is 1. The molecule has 0 unspecified atom stereocenters. The van der Waals surface area contributed by atoms with Gasteiger partial charge in [-0.25, -0.2) is 0 Å². The lowest BCUT2D eigenvalue weighted by Gasteiger charge is -2.20. The van der Waals surface area contributed by atoms with Crippen LogP contribution >= 0.6 is 0 Å². The van der Waals surface area contributed by atoms with E-state index in [9.17, 15) is 0 Å². The van der Waals surface area contributed by atoms with E-state index in [0.29, 0.717) is 19.1 Å². The Hall–Kier alpha value is -1.91. The van der Waals surface area contributed by atoms with Crippen molar-refractivity contribution in [2.75, 3.05) is 20.3 Å². The number of nitrogens with two attached hydrogens (primary N) is 1. The van der Waals surface area contributed by atoms with Crippen LogP contribution in [0.4, 0.5) is 0 Å². The maximum atomic E-state index is 5.77. The van der Waals surface area contributed by atoms with Crippen LogP contribution in [-0.2, 0) is 0 Å². The van der Waals surface area contributed by atoms with Crippen molar-refractivity contribution in [1.82, 2.24) is 5.32 Å². The number of nitrogens with zero attached hydrogens (tertiary/aromatic N) is 1. The SMILES string of the molecule is COc1cccc(OCCCN=C(N)NC(C)(C)C)c1. The van der Waals surface area contributed by atoms with Gasteiger partial charge in [-0.05, 0) is 32.9 Å². The number of hydrogen-bond acceptors (Lipinski definition) is 3. The lowest BCUT2D eigenvalue weighted by atomic mass is 10.1. The molecular formula is C15H25N3O2. The van der Waals surface area contributed by atoms with Crippen molar-refractivity contribution in [3.05, 3.63) is 24.3 Å². The molecule has 0 atom stereocenters. The van der Waals surface area contributed by atoms with Crippen LogP contribution in [0.2, 0.25) is 0 Å². The monoisotopic (exact) mass is 279 g/mol. The van der Waals surface area contributed by atoms with Crippen molar-refractivity contribution in [3.63, 3.8) is 0 Å². The van der Waals surface area contributed by atoms with E-state index in [4.69, 9.17) is 15.2 Å². The molecule has 0 saturated heterocycles. The van der Waals surface area contributed by atoms with Gasteiger partial charge >= 0.3 is 0 Å². The van der Waals surface area contributed by atoms with E-state index >= 15 is 0 Å². The van der Waals surface area contributed by atoms with Crippen LogP contribution in [0.15, 0.2) is 29.3 Å². The van der Waals surface area contributed by atoms with Crippen molar-refractivity contribution in [2.45, 2.75) is 32.7 Å². The van der Waals surface area contributed by atoms with Crippen molar-refractivity contribution in [3.8, 4) is 11.5 Å². The smallest absolute Gasteiger partial charge is 0.188 e. The quantitative estimate of drug-likeness (QED) is 0.476. The molecule has 0 heterocycles. The van der Waals surface area contributed by atoms with E-state index in [1.54, 1.807) is 7.11 Å². The van der Waals surface area contributed by atoms with E-state index in [0.717, 1.165) is 17.9 Å². The summed E-state index contributed by atoms with van der Waals surface area (Å²) in [4.78, 5) is 4.25. The molecule has 20 heavy (non-hydrogen) atoms. The average Bonchev–Trinajstić information content (AvgIpc) is 2.36. The molecule has 0 saturated carbocycles. The molecule has 3 N–H and O–H groups in total. The molecule has 5 heteroatoms. The summed E-state index contributed by atoms with van der Waals surface area (Å²) in [5.74, 6) is 2.06. The van der Waals surface area contributed by atoms with Crippen LogP contribution in [0.1, 0.15) is 27.2 Å². The van der Waals surface area contributed by atoms with Crippen LogP contribution in [0.3, 0.4) is 0 Å². The van der Waals surface area contributed by atoms with Gasteiger partial charge in [-0.1, -0.05) is 6.07 Å². The first-order chi connectivity index (χ1) is 9.40. The third kappa shape index (κ3) is 6.87. The van der Waals surface area contributed by atoms with Gasteiger partial charge in [0.25, 0.3) is 0 Å². The third-order valence-electron chi connectivity index (χ3n) is 2.40. The Bertz CT molecular complexity index is 439. The number of methoxy groups -OCH3 is 1. The topological polar surface area (TPSA) is 68.9 Å². The highest BCUT2D eigenvalue weighted by atomic mass is 16.5. The molecule has 1 aromatic rings. The Morgan fingerprint density at radius 2 is 2.00 bits per heavy atom. The number of benzene rings is 1. The van der Waals surface area contributed by atoms with Crippen LogP contribution in [0.25, 0.3) is 0 Å². The molecule has 0 aliphatic heterocycles. The highest BCUT2D eigenvalue weighted by Gasteiger charge is 2.09. The van der Waals surface area contributed by atoms with E-state index in [1.807, 2.05) is 45.0 Å². The zero-order valence-electron chi connectivity index (χ0n) is 12.8. The van der Waals surface area contributed by atoms with Gasteiger partial charge < -0.3 is 20.5 Å². The molecule has 0 fully saturated rings. The number of ether oxygens (including phenoxy) is 2. The predicted molar refractivity (Wildman–Crippen MR) is 82.5 cm³/mol. The molecule has 0 bridgehead atoms. The highest BCUT2D eigenvalue weighted by Crippen LogP contribution is 2.18. The van der Waals surface area contributed by atoms with Crippen molar-refractivity contribution < 1.29 is 9.47 Å². The van der Waals surface area contributed by atoms with Gasteiger partial charge in [-0.2, -0.15) is 0 Å². The fraction of sp³-hybridized carbons (Fsp3) is 0.533. The molecule has 5 nitrogen and oxygen atoms in total. The second kappa shape index (κ2) is 7.62. The zero-order valence-corrected chi connectivity index (χ0v) is 12.8. The first-order valence-corrected chi connectivity index (χ1v) is 6.76. The van der Waals surface area contributed by atoms with Gasteiger partial charge in [-0.15, -0.1) is 0 Å². The van der Waals surface area contributed by atoms with Gasteiger partial charge in [-0.3, -0.25) is 4.99 Å². The normalized spacial score (nSPS) is 12.1. The Morgan fingerprint density at radius 1 is 1.30 bits per heavy atom. The number of rotatable bonds is 6. The van der Waals surface area contributed by atoms with E-state index < -0.39 is 0 Å². The Morgan fingerprint density at radius 3 is 2.65 bits per heavy atom. The largest absolute Gasteiger partial charge is 0.497 e.